The molecule has 2 nitrogen and oxygen atoms in total. The van der Waals surface area contributed by atoms with Crippen LogP contribution in [0.3, 0.4) is 0 Å². The van der Waals surface area contributed by atoms with Gasteiger partial charge in [0.25, 0.3) is 0 Å². The summed E-state index contributed by atoms with van der Waals surface area (Å²) in [5.74, 6) is 0. The summed E-state index contributed by atoms with van der Waals surface area (Å²) in [7, 11) is 0. The van der Waals surface area contributed by atoms with E-state index < -0.39 is 0 Å². The van der Waals surface area contributed by atoms with Gasteiger partial charge >= 0.3 is 0 Å². The third-order valence-electron chi connectivity index (χ3n) is 3.23. The number of aryl methyl sites for hydroxylation is 2. The molecule has 0 spiro atoms. The zero-order valence-electron chi connectivity index (χ0n) is 12.2. The Labute approximate surface area is 115 Å². The number of nitrogens with zero attached hydrogens (tertiary/aromatic N) is 1. The number of benzene rings is 1. The van der Waals surface area contributed by atoms with Crippen LogP contribution in [0.1, 0.15) is 30.7 Å². The average Bonchev–Trinajstić information content (AvgIpc) is 2.38. The molecule has 2 aromatic rings. The minimum absolute atomic E-state index is 0.515. The molecule has 0 aliphatic carbocycles. The average molecular weight is 254 g/mol. The Kier molecular flexibility index (Phi) is 4.33. The van der Waals surface area contributed by atoms with Crippen molar-refractivity contribution in [2.45, 2.75) is 40.3 Å². The molecule has 0 saturated heterocycles. The van der Waals surface area contributed by atoms with Gasteiger partial charge in [0, 0.05) is 30.0 Å². The number of pyridine rings is 1. The van der Waals surface area contributed by atoms with Crippen LogP contribution in [0.25, 0.3) is 11.1 Å². The molecule has 1 aromatic heterocycles. The lowest BCUT2D eigenvalue weighted by molar-refractivity contribution is 0.589. The molecule has 0 aliphatic rings. The van der Waals surface area contributed by atoms with Gasteiger partial charge in [-0.25, -0.2) is 0 Å². The first kappa shape index (κ1) is 13.8. The summed E-state index contributed by atoms with van der Waals surface area (Å²) in [5, 5.41) is 3.44. The van der Waals surface area contributed by atoms with Gasteiger partial charge in [-0.15, -0.1) is 0 Å². The maximum Gasteiger partial charge on any atom is 0.0373 e. The van der Waals surface area contributed by atoms with Crippen LogP contribution in [0.15, 0.2) is 36.5 Å². The molecule has 0 bridgehead atoms. The third-order valence-corrected chi connectivity index (χ3v) is 3.23. The van der Waals surface area contributed by atoms with Crippen LogP contribution in [0.4, 0.5) is 0 Å². The highest BCUT2D eigenvalue weighted by Crippen LogP contribution is 2.23. The van der Waals surface area contributed by atoms with E-state index >= 15 is 0 Å². The monoisotopic (exact) mass is 254 g/mol. The maximum atomic E-state index is 4.37. The highest BCUT2D eigenvalue weighted by Gasteiger charge is 2.04. The van der Waals surface area contributed by atoms with Gasteiger partial charge in [0.15, 0.2) is 0 Å². The number of hydrogen-bond acceptors (Lipinski definition) is 2. The zero-order valence-corrected chi connectivity index (χ0v) is 12.2. The van der Waals surface area contributed by atoms with E-state index in [1.54, 1.807) is 0 Å². The first-order valence-corrected chi connectivity index (χ1v) is 6.82. The zero-order chi connectivity index (χ0) is 13.8. The number of rotatable bonds is 4. The second kappa shape index (κ2) is 5.98. The predicted molar refractivity (Wildman–Crippen MR) is 81.1 cm³/mol. The molecule has 1 aromatic carbocycles. The van der Waals surface area contributed by atoms with Crippen LogP contribution < -0.4 is 5.32 Å². The molecule has 0 amide bonds. The van der Waals surface area contributed by atoms with Gasteiger partial charge < -0.3 is 5.32 Å². The fourth-order valence-electron chi connectivity index (χ4n) is 2.11. The van der Waals surface area contributed by atoms with Gasteiger partial charge in [0.2, 0.25) is 0 Å². The van der Waals surface area contributed by atoms with Crippen molar-refractivity contribution in [2.75, 3.05) is 0 Å². The van der Waals surface area contributed by atoms with E-state index in [4.69, 9.17) is 0 Å². The molecule has 1 N–H and O–H groups in total. The lowest BCUT2D eigenvalue weighted by Crippen LogP contribution is -2.21. The van der Waals surface area contributed by atoms with E-state index in [1.165, 1.54) is 22.3 Å². The lowest BCUT2D eigenvalue weighted by Gasteiger charge is -2.11. The van der Waals surface area contributed by atoms with E-state index in [0.29, 0.717) is 6.04 Å². The van der Waals surface area contributed by atoms with Crippen LogP contribution >= 0.6 is 0 Å². The summed E-state index contributed by atoms with van der Waals surface area (Å²) in [6, 6.07) is 11.3. The van der Waals surface area contributed by atoms with Gasteiger partial charge in [-0.3, -0.25) is 4.98 Å². The quantitative estimate of drug-likeness (QED) is 0.896. The van der Waals surface area contributed by atoms with Gasteiger partial charge in [-0.2, -0.15) is 0 Å². The molecule has 0 fully saturated rings. The van der Waals surface area contributed by atoms with E-state index in [9.17, 15) is 0 Å². The summed E-state index contributed by atoms with van der Waals surface area (Å²) < 4.78 is 0. The Morgan fingerprint density at radius 1 is 1.11 bits per heavy atom. The van der Waals surface area contributed by atoms with Crippen molar-refractivity contribution in [3.05, 3.63) is 53.3 Å². The minimum atomic E-state index is 0.515. The summed E-state index contributed by atoms with van der Waals surface area (Å²) in [6.45, 7) is 9.43. The third kappa shape index (κ3) is 3.65. The Bertz CT molecular complexity index is 542. The highest BCUT2D eigenvalue weighted by atomic mass is 14.9. The molecule has 1 heterocycles. The number of nitrogens with one attached hydrogen (secondary N) is 1. The normalized spacial score (nSPS) is 11.0. The Morgan fingerprint density at radius 2 is 1.89 bits per heavy atom. The van der Waals surface area contributed by atoms with Gasteiger partial charge in [0.1, 0.15) is 0 Å². The molecule has 19 heavy (non-hydrogen) atoms. The molecular formula is C17H22N2. The summed E-state index contributed by atoms with van der Waals surface area (Å²) in [4.78, 5) is 4.37. The Balaban J connectivity index is 2.21. The van der Waals surface area contributed by atoms with Crippen LogP contribution in [0, 0.1) is 13.8 Å². The number of hydrogen-bond donors (Lipinski definition) is 1. The Morgan fingerprint density at radius 3 is 2.47 bits per heavy atom. The van der Waals surface area contributed by atoms with Gasteiger partial charge in [0.05, 0.1) is 0 Å². The summed E-state index contributed by atoms with van der Waals surface area (Å²) >= 11 is 0. The topological polar surface area (TPSA) is 24.9 Å². The molecule has 100 valence electrons. The van der Waals surface area contributed by atoms with Crippen molar-refractivity contribution in [3.63, 3.8) is 0 Å². The molecule has 0 atom stereocenters. The van der Waals surface area contributed by atoms with E-state index in [-0.39, 0.29) is 0 Å². The van der Waals surface area contributed by atoms with Crippen molar-refractivity contribution in [2.24, 2.45) is 0 Å². The molecular weight excluding hydrogens is 232 g/mol. The van der Waals surface area contributed by atoms with Crippen LogP contribution in [0.2, 0.25) is 0 Å². The van der Waals surface area contributed by atoms with Crippen molar-refractivity contribution < 1.29 is 0 Å². The van der Waals surface area contributed by atoms with Crippen LogP contribution in [-0.2, 0) is 6.54 Å². The van der Waals surface area contributed by atoms with E-state index in [0.717, 1.165) is 12.2 Å². The lowest BCUT2D eigenvalue weighted by atomic mass is 9.99. The SMILES string of the molecule is Cc1ccc(-c2ccc(CNC(C)C)cc2C)cn1. The minimum Gasteiger partial charge on any atom is -0.310 e. The fraction of sp³-hybridized carbons (Fsp3) is 0.353. The Hall–Kier alpha value is -1.67. The fourth-order valence-corrected chi connectivity index (χ4v) is 2.11. The summed E-state index contributed by atoms with van der Waals surface area (Å²) in [6.07, 6.45) is 1.95. The van der Waals surface area contributed by atoms with Crippen molar-refractivity contribution >= 4 is 0 Å². The molecule has 2 heteroatoms. The van der Waals surface area contributed by atoms with Crippen molar-refractivity contribution in [1.82, 2.24) is 10.3 Å². The standard InChI is InChI=1S/C17H22N2/c1-12(2)18-10-15-6-8-17(13(3)9-15)16-7-5-14(4)19-11-16/h5-9,11-12,18H,10H2,1-4H3. The smallest absolute Gasteiger partial charge is 0.0373 e. The van der Waals surface area contributed by atoms with Gasteiger partial charge in [-0.1, -0.05) is 38.1 Å². The molecule has 0 radical (unpaired) electrons. The first-order chi connectivity index (χ1) is 9.06. The predicted octanol–water partition coefficient (Wildman–Crippen LogP) is 3.86. The second-order valence-corrected chi connectivity index (χ2v) is 5.37. The van der Waals surface area contributed by atoms with Crippen molar-refractivity contribution in [1.29, 1.82) is 0 Å². The van der Waals surface area contributed by atoms with E-state index in [1.807, 2.05) is 13.1 Å². The summed E-state index contributed by atoms with van der Waals surface area (Å²) in [5.41, 5.74) is 6.13. The molecule has 0 aliphatic heterocycles. The first-order valence-electron chi connectivity index (χ1n) is 6.82. The molecule has 0 unspecified atom stereocenters. The number of aromatic nitrogens is 1. The molecule has 0 saturated carbocycles. The molecule has 2 rings (SSSR count). The highest BCUT2D eigenvalue weighted by molar-refractivity contribution is 5.66. The van der Waals surface area contributed by atoms with Crippen molar-refractivity contribution in [3.8, 4) is 11.1 Å². The van der Waals surface area contributed by atoms with Gasteiger partial charge in [-0.05, 0) is 36.6 Å². The largest absolute Gasteiger partial charge is 0.310 e. The second-order valence-electron chi connectivity index (χ2n) is 5.37. The van der Waals surface area contributed by atoms with Crippen LogP contribution in [0.5, 0.6) is 0 Å². The van der Waals surface area contributed by atoms with Crippen LogP contribution in [-0.4, -0.2) is 11.0 Å². The maximum absolute atomic E-state index is 4.37. The van der Waals surface area contributed by atoms with E-state index in [2.05, 4.69) is 61.4 Å².